The third-order valence-corrected chi connectivity index (χ3v) is 11.3. The molecule has 0 saturated carbocycles. The molecule has 0 heterocycles. The highest BCUT2D eigenvalue weighted by Crippen LogP contribution is 2.16. The number of nitrogens with zero attached hydrogens (tertiary/aromatic N) is 1. The lowest BCUT2D eigenvalue weighted by Crippen LogP contribution is -2.55. The summed E-state index contributed by atoms with van der Waals surface area (Å²) in [5.74, 6) is -1.73. The second-order valence-corrected chi connectivity index (χ2v) is 18.1. The number of esters is 2. The summed E-state index contributed by atoms with van der Waals surface area (Å²) in [5, 5.41) is 11.6. The van der Waals surface area contributed by atoms with Gasteiger partial charge in [-0.2, -0.15) is 0 Å². The number of unbranched alkanes of at least 4 members (excludes halogenated alkanes) is 27. The molecule has 0 fully saturated rings. The molecule has 0 amide bonds. The summed E-state index contributed by atoms with van der Waals surface area (Å²) in [7, 11) is 5.42. The number of aliphatic carboxylic acids is 1. The van der Waals surface area contributed by atoms with Crippen molar-refractivity contribution in [3.8, 4) is 0 Å². The zero-order chi connectivity index (χ0) is 43.5. The van der Waals surface area contributed by atoms with Crippen molar-refractivity contribution in [3.63, 3.8) is 0 Å². The van der Waals surface area contributed by atoms with Gasteiger partial charge >= 0.3 is 11.9 Å². The molecule has 346 valence electrons. The highest BCUT2D eigenvalue weighted by molar-refractivity contribution is 5.70. The zero-order valence-electron chi connectivity index (χ0n) is 39.4. The van der Waals surface area contributed by atoms with E-state index in [-0.39, 0.29) is 42.7 Å². The predicted octanol–water partition coefficient (Wildman–Crippen LogP) is 12.7. The Kier molecular flexibility index (Phi) is 40.9. The van der Waals surface area contributed by atoms with E-state index in [1.165, 1.54) is 148 Å². The average Bonchev–Trinajstić information content (AvgIpc) is 3.19. The van der Waals surface area contributed by atoms with Crippen molar-refractivity contribution in [1.82, 2.24) is 0 Å². The molecule has 8 heteroatoms. The summed E-state index contributed by atoms with van der Waals surface area (Å²) in [4.78, 5) is 37.0. The summed E-state index contributed by atoms with van der Waals surface area (Å²) in [6.45, 7) is 4.66. The average molecular weight is 834 g/mol. The maximum Gasteiger partial charge on any atom is 0.306 e. The molecule has 0 saturated heterocycles. The van der Waals surface area contributed by atoms with E-state index < -0.39 is 18.1 Å². The zero-order valence-corrected chi connectivity index (χ0v) is 39.4. The van der Waals surface area contributed by atoms with Gasteiger partial charge in [0.2, 0.25) is 0 Å². The highest BCUT2D eigenvalue weighted by Gasteiger charge is 2.25. The first-order chi connectivity index (χ1) is 28.6. The number of likely N-dealkylation sites (N-methyl/N-ethyl adjacent to an activating group) is 1. The van der Waals surface area contributed by atoms with Crippen molar-refractivity contribution in [2.75, 3.05) is 41.0 Å². The molecular formula is C51H95NO7. The number of carbonyl (C=O) groups excluding carboxylic acids is 3. The molecule has 0 N–H and O–H groups in total. The number of carboxylic acid groups (broad SMARTS) is 1. The van der Waals surface area contributed by atoms with Crippen LogP contribution in [0.15, 0.2) is 24.3 Å². The van der Waals surface area contributed by atoms with E-state index in [1.807, 2.05) is 0 Å². The van der Waals surface area contributed by atoms with Crippen LogP contribution in [-0.2, 0) is 28.6 Å². The van der Waals surface area contributed by atoms with Gasteiger partial charge in [0, 0.05) is 19.3 Å². The normalized spacial score (nSPS) is 13.0. The van der Waals surface area contributed by atoms with Gasteiger partial charge in [0.15, 0.2) is 6.10 Å². The Balaban J connectivity index is 4.25. The molecule has 0 bridgehead atoms. The molecule has 0 spiro atoms. The summed E-state index contributed by atoms with van der Waals surface area (Å²) in [6, 6.07) is -0.724. The van der Waals surface area contributed by atoms with Crippen LogP contribution in [0.2, 0.25) is 0 Å². The van der Waals surface area contributed by atoms with E-state index in [1.54, 1.807) is 21.1 Å². The van der Waals surface area contributed by atoms with Crippen LogP contribution in [0, 0.1) is 0 Å². The fraction of sp³-hybridized carbons (Fsp3) is 0.863. The Morgan fingerprint density at radius 2 is 0.898 bits per heavy atom. The predicted molar refractivity (Wildman–Crippen MR) is 245 cm³/mol. The Bertz CT molecular complexity index is 1020. The lowest BCUT2D eigenvalue weighted by atomic mass is 10.0. The van der Waals surface area contributed by atoms with Crippen LogP contribution in [0.25, 0.3) is 0 Å². The van der Waals surface area contributed by atoms with Gasteiger partial charge in [0.05, 0.1) is 40.3 Å². The lowest BCUT2D eigenvalue weighted by Gasteiger charge is -2.34. The van der Waals surface area contributed by atoms with Crippen LogP contribution in [0.4, 0.5) is 0 Å². The van der Waals surface area contributed by atoms with Crippen molar-refractivity contribution >= 4 is 17.9 Å². The van der Waals surface area contributed by atoms with E-state index in [2.05, 4.69) is 38.2 Å². The first-order valence-electron chi connectivity index (χ1n) is 24.9. The number of carbonyl (C=O) groups is 3. The Labute approximate surface area is 364 Å². The fourth-order valence-electron chi connectivity index (χ4n) is 7.46. The summed E-state index contributed by atoms with van der Waals surface area (Å²) >= 11 is 0. The van der Waals surface area contributed by atoms with Gasteiger partial charge in [-0.3, -0.25) is 9.59 Å². The first kappa shape index (κ1) is 56.8. The van der Waals surface area contributed by atoms with Gasteiger partial charge in [0.25, 0.3) is 0 Å². The smallest absolute Gasteiger partial charge is 0.306 e. The molecule has 0 aromatic heterocycles. The number of allylic oxidation sites excluding steroid dienone is 4. The van der Waals surface area contributed by atoms with E-state index >= 15 is 0 Å². The quantitative estimate of drug-likeness (QED) is 0.0260. The molecule has 2 unspecified atom stereocenters. The largest absolute Gasteiger partial charge is 0.544 e. The highest BCUT2D eigenvalue weighted by atomic mass is 16.6. The molecule has 2 atom stereocenters. The molecule has 0 aromatic carbocycles. The van der Waals surface area contributed by atoms with Gasteiger partial charge in [-0.05, 0) is 44.9 Å². The van der Waals surface area contributed by atoms with Gasteiger partial charge in [0.1, 0.15) is 12.6 Å². The molecule has 0 rings (SSSR count). The minimum absolute atomic E-state index is 0.0427. The second kappa shape index (κ2) is 42.5. The van der Waals surface area contributed by atoms with Crippen molar-refractivity contribution < 1.29 is 38.2 Å². The van der Waals surface area contributed by atoms with Crippen LogP contribution in [0.1, 0.15) is 232 Å². The molecule has 0 aliphatic heterocycles. The maximum atomic E-state index is 12.8. The van der Waals surface area contributed by atoms with E-state index in [4.69, 9.17) is 14.2 Å². The summed E-state index contributed by atoms with van der Waals surface area (Å²) in [5.41, 5.74) is 0. The topological polar surface area (TPSA) is 102 Å². The second-order valence-electron chi connectivity index (χ2n) is 18.1. The number of rotatable bonds is 45. The van der Waals surface area contributed by atoms with Crippen LogP contribution >= 0.6 is 0 Å². The molecule has 59 heavy (non-hydrogen) atoms. The van der Waals surface area contributed by atoms with Crippen molar-refractivity contribution in [1.29, 1.82) is 0 Å². The Morgan fingerprint density at radius 3 is 1.34 bits per heavy atom. The molecular weight excluding hydrogens is 739 g/mol. The number of carboxylic acids is 1. The minimum Gasteiger partial charge on any atom is -0.544 e. The van der Waals surface area contributed by atoms with Crippen molar-refractivity contribution in [2.24, 2.45) is 0 Å². The van der Waals surface area contributed by atoms with Crippen LogP contribution in [0.5, 0.6) is 0 Å². The first-order valence-corrected chi connectivity index (χ1v) is 24.9. The van der Waals surface area contributed by atoms with Gasteiger partial charge in [-0.15, -0.1) is 0 Å². The number of hydrogen-bond donors (Lipinski definition) is 0. The van der Waals surface area contributed by atoms with Crippen LogP contribution in [0.3, 0.4) is 0 Å². The van der Waals surface area contributed by atoms with Crippen LogP contribution in [-0.4, -0.2) is 75.5 Å². The van der Waals surface area contributed by atoms with E-state index in [9.17, 15) is 19.5 Å². The van der Waals surface area contributed by atoms with Crippen molar-refractivity contribution in [2.45, 2.75) is 244 Å². The van der Waals surface area contributed by atoms with E-state index in [0.29, 0.717) is 12.8 Å². The molecule has 8 nitrogen and oxygen atoms in total. The summed E-state index contributed by atoms with van der Waals surface area (Å²) < 4.78 is 17.2. The van der Waals surface area contributed by atoms with E-state index in [0.717, 1.165) is 51.4 Å². The number of ether oxygens (including phenoxy) is 3. The van der Waals surface area contributed by atoms with Crippen LogP contribution < -0.4 is 5.11 Å². The Morgan fingerprint density at radius 1 is 0.508 bits per heavy atom. The minimum atomic E-state index is -1.12. The third kappa shape index (κ3) is 41.0. The van der Waals surface area contributed by atoms with Gasteiger partial charge in [-0.1, -0.05) is 192 Å². The maximum absolute atomic E-state index is 12.8. The number of quaternary nitrogens is 1. The van der Waals surface area contributed by atoms with Gasteiger partial charge < -0.3 is 28.6 Å². The lowest BCUT2D eigenvalue weighted by molar-refractivity contribution is -0.889. The van der Waals surface area contributed by atoms with Crippen molar-refractivity contribution in [3.05, 3.63) is 24.3 Å². The molecule has 0 aliphatic carbocycles. The molecule has 0 radical (unpaired) electrons. The Hall–Kier alpha value is -2.19. The monoisotopic (exact) mass is 834 g/mol. The molecule has 0 aromatic rings. The van der Waals surface area contributed by atoms with Gasteiger partial charge in [-0.25, -0.2) is 0 Å². The SMILES string of the molecule is CCCCC/C=C/C/C=C/CCCCCCCCCC(=O)OCC(COCCC(C(=O)[O-])[N+](C)(C)C)OC(=O)CCCCCCCCCCCCCCCCCCCC. The fourth-order valence-corrected chi connectivity index (χ4v) is 7.46. The number of hydrogen-bond acceptors (Lipinski definition) is 7. The summed E-state index contributed by atoms with van der Waals surface area (Å²) in [6.07, 6.45) is 47.7. The third-order valence-electron chi connectivity index (χ3n) is 11.3. The standard InChI is InChI=1S/C51H95NO7/c1-6-8-10-12-14-16-18-20-22-24-26-28-30-32-34-36-38-40-42-50(54)59-47(45-57-44-43-48(51(55)56)52(3,4)5)46-58-49(53)41-39-37-35-33-31-29-27-25-23-21-19-17-15-13-11-9-7-2/h15,17,21,23,47-48H,6-14,16,18-20,22,24-46H2,1-5H3/b17-15+,23-21+. The molecule has 0 aliphatic rings.